The fourth-order valence-corrected chi connectivity index (χ4v) is 9.15. The molecule has 3 fully saturated rings. The highest BCUT2D eigenvalue weighted by atomic mass is 19.1. The number of halogens is 2. The number of carbonyl (C=O) groups excluding carboxylic acids is 2. The predicted octanol–water partition coefficient (Wildman–Crippen LogP) is 5.53. The van der Waals surface area contributed by atoms with E-state index in [1.807, 2.05) is 51.0 Å². The number of aromatic nitrogens is 6. The highest BCUT2D eigenvalue weighted by molar-refractivity contribution is 5.92. The van der Waals surface area contributed by atoms with Gasteiger partial charge in [-0.25, -0.2) is 18.6 Å². The zero-order valence-electron chi connectivity index (χ0n) is 35.3. The van der Waals surface area contributed by atoms with Crippen molar-refractivity contribution in [2.45, 2.75) is 76.2 Å². The Kier molecular flexibility index (Phi) is 12.3. The number of aliphatic hydroxyl groups excluding tert-OH is 1. The molecule has 0 spiro atoms. The van der Waals surface area contributed by atoms with Crippen molar-refractivity contribution >= 4 is 39.6 Å². The third kappa shape index (κ3) is 8.95. The molecule has 9 rings (SSSR count). The van der Waals surface area contributed by atoms with Crippen LogP contribution in [0.25, 0.3) is 44.5 Å². The zero-order chi connectivity index (χ0) is 43.6. The van der Waals surface area contributed by atoms with Crippen molar-refractivity contribution < 1.29 is 28.2 Å². The van der Waals surface area contributed by atoms with Crippen LogP contribution in [0.15, 0.2) is 71.9 Å². The molecule has 3 aliphatic heterocycles. The molecule has 2 atom stereocenters. The topological polar surface area (TPSA) is 165 Å². The molecule has 0 saturated carbocycles. The van der Waals surface area contributed by atoms with Crippen molar-refractivity contribution in [2.75, 3.05) is 51.3 Å². The number of imidazole rings is 1. The van der Waals surface area contributed by atoms with E-state index in [-0.39, 0.29) is 42.1 Å². The lowest BCUT2D eigenvalue weighted by molar-refractivity contribution is -0.132. The average Bonchev–Trinajstić information content (AvgIpc) is 3.88. The highest BCUT2D eigenvalue weighted by Crippen LogP contribution is 2.33. The summed E-state index contributed by atoms with van der Waals surface area (Å²) in [7, 11) is 1.70. The summed E-state index contributed by atoms with van der Waals surface area (Å²) in [6, 6.07) is 13.5. The number of likely N-dealkylation sites (tertiary alicyclic amines) is 1. The van der Waals surface area contributed by atoms with E-state index in [0.717, 1.165) is 55.4 Å². The van der Waals surface area contributed by atoms with Gasteiger partial charge in [0.2, 0.25) is 11.8 Å². The van der Waals surface area contributed by atoms with Gasteiger partial charge in [-0.2, -0.15) is 5.10 Å². The molecule has 15 nitrogen and oxygen atoms in total. The van der Waals surface area contributed by atoms with Crippen LogP contribution in [0, 0.1) is 11.6 Å². The molecule has 0 aliphatic carbocycles. The Bertz CT molecular complexity index is 2680. The predicted molar refractivity (Wildman–Crippen MR) is 234 cm³/mol. The fraction of sp³-hybridized carbons (Fsp3) is 0.435. The number of nitrogens with zero attached hydrogens (tertiary/aromatic N) is 8. The lowest BCUT2D eigenvalue weighted by Crippen LogP contribution is -2.47. The van der Waals surface area contributed by atoms with Crippen molar-refractivity contribution in [3.63, 3.8) is 0 Å². The maximum absolute atomic E-state index is 15.4. The molecule has 2 unspecified atom stereocenters. The molecule has 6 heterocycles. The molecule has 0 bridgehead atoms. The second kappa shape index (κ2) is 18.4. The summed E-state index contributed by atoms with van der Waals surface area (Å²) in [5, 5.41) is 21.1. The molecule has 2 amide bonds. The Balaban J connectivity index is 0.749. The van der Waals surface area contributed by atoms with Crippen LogP contribution < -0.4 is 16.3 Å². The number of morpholine rings is 1. The smallest absolute Gasteiger partial charge is 0.329 e. The van der Waals surface area contributed by atoms with Gasteiger partial charge in [0.05, 0.1) is 65.5 Å². The number of aryl methyl sites for hydroxylation is 1. The minimum atomic E-state index is -1.12. The van der Waals surface area contributed by atoms with Crippen LogP contribution in [0.5, 0.6) is 0 Å². The number of amides is 2. The van der Waals surface area contributed by atoms with Crippen molar-refractivity contribution in [1.82, 2.24) is 44.0 Å². The number of piperidine rings is 2. The molecular formula is C46H52F2N10O5. The number of unbranched alkanes of at least 4 members (excludes halogenated alkanes) is 2. The molecule has 3 saturated heterocycles. The van der Waals surface area contributed by atoms with Gasteiger partial charge in [-0.05, 0) is 74.1 Å². The Morgan fingerprint density at radius 1 is 0.937 bits per heavy atom. The van der Waals surface area contributed by atoms with E-state index in [9.17, 15) is 19.5 Å². The third-order valence-electron chi connectivity index (χ3n) is 12.8. The van der Waals surface area contributed by atoms with Gasteiger partial charge in [-0.3, -0.25) is 33.3 Å². The Labute approximate surface area is 362 Å². The zero-order valence-corrected chi connectivity index (χ0v) is 35.3. The van der Waals surface area contributed by atoms with Crippen LogP contribution in [-0.4, -0.2) is 108 Å². The first-order valence-corrected chi connectivity index (χ1v) is 21.9. The fourth-order valence-electron chi connectivity index (χ4n) is 9.15. The van der Waals surface area contributed by atoms with E-state index < -0.39 is 23.9 Å². The van der Waals surface area contributed by atoms with Gasteiger partial charge in [-0.1, -0.05) is 18.6 Å². The van der Waals surface area contributed by atoms with E-state index in [4.69, 9.17) is 9.72 Å². The molecule has 3 N–H and O–H groups in total. The number of fused-ring (bicyclic) bond motifs is 2. The maximum atomic E-state index is 15.4. The Morgan fingerprint density at radius 3 is 2.51 bits per heavy atom. The molecule has 6 aromatic rings. The van der Waals surface area contributed by atoms with E-state index >= 15 is 8.78 Å². The van der Waals surface area contributed by atoms with Gasteiger partial charge in [0.1, 0.15) is 17.9 Å². The second-order valence-corrected chi connectivity index (χ2v) is 16.8. The van der Waals surface area contributed by atoms with Gasteiger partial charge in [0.15, 0.2) is 0 Å². The summed E-state index contributed by atoms with van der Waals surface area (Å²) in [6.07, 6.45) is 9.53. The molecule has 0 radical (unpaired) electrons. The number of benzene rings is 3. The largest absolute Gasteiger partial charge is 0.385 e. The first-order valence-electron chi connectivity index (χ1n) is 21.9. The Morgan fingerprint density at radius 2 is 1.73 bits per heavy atom. The molecule has 63 heavy (non-hydrogen) atoms. The van der Waals surface area contributed by atoms with Crippen LogP contribution in [0.3, 0.4) is 0 Å². The van der Waals surface area contributed by atoms with Crippen LogP contribution in [0.1, 0.15) is 69.0 Å². The van der Waals surface area contributed by atoms with E-state index in [0.29, 0.717) is 85.6 Å². The average molecular weight is 863 g/mol. The molecule has 17 heteroatoms. The van der Waals surface area contributed by atoms with E-state index in [1.54, 1.807) is 34.6 Å². The van der Waals surface area contributed by atoms with Crippen molar-refractivity contribution in [3.05, 3.63) is 94.8 Å². The number of hydrogen-bond donors (Lipinski definition) is 3. The van der Waals surface area contributed by atoms with Gasteiger partial charge in [-0.15, -0.1) is 0 Å². The summed E-state index contributed by atoms with van der Waals surface area (Å²) in [6.45, 7) is 4.56. The van der Waals surface area contributed by atoms with Crippen LogP contribution >= 0.6 is 0 Å². The number of ether oxygens (including phenoxy) is 1. The van der Waals surface area contributed by atoms with E-state index in [2.05, 4.69) is 20.7 Å². The minimum absolute atomic E-state index is 0.0462. The molecule has 330 valence electrons. The lowest BCUT2D eigenvalue weighted by atomic mass is 10.0. The quantitative estimate of drug-likeness (QED) is 0.126. The first kappa shape index (κ1) is 42.3. The normalized spacial score (nSPS) is 18.9. The van der Waals surface area contributed by atoms with Gasteiger partial charge in [0.25, 0.3) is 0 Å². The number of anilines is 1. The number of aliphatic hydroxyl groups is 1. The number of para-hydroxylation sites is 1. The Hall–Kier alpha value is -6.04. The summed E-state index contributed by atoms with van der Waals surface area (Å²) in [4.78, 5) is 51.5. The molecule has 3 aliphatic rings. The molecule has 3 aromatic heterocycles. The van der Waals surface area contributed by atoms with Gasteiger partial charge >= 0.3 is 5.69 Å². The minimum Gasteiger partial charge on any atom is -0.385 e. The van der Waals surface area contributed by atoms with Crippen LogP contribution in [-0.2, 0) is 27.9 Å². The molecular weight excluding hydrogens is 811 g/mol. The monoisotopic (exact) mass is 862 g/mol. The second-order valence-electron chi connectivity index (χ2n) is 16.8. The number of carbonyl (C=O) groups is 2. The number of nitrogens with one attached hydrogen (secondary N) is 2. The highest BCUT2D eigenvalue weighted by Gasteiger charge is 2.31. The van der Waals surface area contributed by atoms with E-state index in [1.165, 1.54) is 12.1 Å². The summed E-state index contributed by atoms with van der Waals surface area (Å²) >= 11 is 0. The third-order valence-corrected chi connectivity index (χ3v) is 12.8. The maximum Gasteiger partial charge on any atom is 0.329 e. The van der Waals surface area contributed by atoms with Crippen molar-refractivity contribution in [1.29, 1.82) is 0 Å². The standard InChI is InChI=1S/C46H52F2N10O5/c1-54-41-24-31(9-10-39(41)58(46(54)62)40-11-12-42(59)53-45(40)61)49-15-4-2-3-8-43(60)56-16-13-32(14-17-56)57-27-30(25-51-57)38-26-50-37-7-5-6-33(44(37)52-38)29-22-35(47)34(36(48)23-29)28-55-18-20-63-21-19-55/h5-7,9-10,22-27,32,40,45,49,61H,2-4,8,11-21,28H2,1H3,(H,53,59). The van der Waals surface area contributed by atoms with Gasteiger partial charge in [0, 0.05) is 87.7 Å². The lowest BCUT2D eigenvalue weighted by Gasteiger charge is -2.32. The van der Waals surface area contributed by atoms with Crippen molar-refractivity contribution in [3.8, 4) is 22.4 Å². The number of hydrogen-bond acceptors (Lipinski definition) is 10. The van der Waals surface area contributed by atoms with Gasteiger partial charge < -0.3 is 25.4 Å². The first-order chi connectivity index (χ1) is 30.6. The van der Waals surface area contributed by atoms with Crippen LogP contribution in [0.2, 0.25) is 0 Å². The SMILES string of the molecule is Cn1c(=O)n(C2CCC(=O)NC2O)c2ccc(NCCCCCC(=O)N3CCC(n4cc(-c5cnc6cccc(-c7cc(F)c(CN8CCOCC8)c(F)c7)c6n5)cn4)CC3)cc21. The summed E-state index contributed by atoms with van der Waals surface area (Å²) in [5.74, 6) is -1.25. The van der Waals surface area contributed by atoms with Crippen LogP contribution in [0.4, 0.5) is 14.5 Å². The summed E-state index contributed by atoms with van der Waals surface area (Å²) in [5.41, 5.74) is 5.65. The molecule has 3 aromatic carbocycles. The number of rotatable bonds is 13. The van der Waals surface area contributed by atoms with Crippen molar-refractivity contribution in [2.24, 2.45) is 7.05 Å². The summed E-state index contributed by atoms with van der Waals surface area (Å²) < 4.78 is 41.3.